The zero-order valence-corrected chi connectivity index (χ0v) is 12.0. The van der Waals surface area contributed by atoms with Crippen molar-refractivity contribution in [2.75, 3.05) is 5.73 Å². The molecule has 0 saturated heterocycles. The van der Waals surface area contributed by atoms with Gasteiger partial charge in [0.1, 0.15) is 17.4 Å². The van der Waals surface area contributed by atoms with Crippen LogP contribution in [0.15, 0.2) is 54.6 Å². The highest BCUT2D eigenvalue weighted by Crippen LogP contribution is 2.32. The van der Waals surface area contributed by atoms with Crippen LogP contribution in [-0.4, -0.2) is 9.61 Å². The van der Waals surface area contributed by atoms with Crippen LogP contribution in [0.1, 0.15) is 5.56 Å². The van der Waals surface area contributed by atoms with Gasteiger partial charge in [0.15, 0.2) is 5.82 Å². The molecule has 5 heteroatoms. The summed E-state index contributed by atoms with van der Waals surface area (Å²) in [4.78, 5) is 0. The summed E-state index contributed by atoms with van der Waals surface area (Å²) in [5, 5.41) is 15.2. The number of nitriles is 1. The van der Waals surface area contributed by atoms with Crippen molar-refractivity contribution in [2.24, 2.45) is 0 Å². The van der Waals surface area contributed by atoms with E-state index >= 15 is 0 Å². The second kappa shape index (κ2) is 4.82. The molecule has 0 amide bonds. The van der Waals surface area contributed by atoms with Crippen molar-refractivity contribution in [1.82, 2.24) is 9.61 Å². The van der Waals surface area contributed by atoms with Gasteiger partial charge in [-0.1, -0.05) is 30.3 Å². The molecule has 0 spiro atoms. The van der Waals surface area contributed by atoms with Crippen LogP contribution in [-0.2, 0) is 0 Å². The molecule has 0 aliphatic rings. The summed E-state index contributed by atoms with van der Waals surface area (Å²) in [5.41, 5.74) is 8.48. The Morgan fingerprint density at radius 2 is 1.87 bits per heavy atom. The normalized spacial score (nSPS) is 11.0. The van der Waals surface area contributed by atoms with Gasteiger partial charge in [0.2, 0.25) is 0 Å². The molecular formula is C18H11FN4. The Morgan fingerprint density at radius 1 is 1.09 bits per heavy atom. The lowest BCUT2D eigenvalue weighted by Crippen LogP contribution is -1.96. The van der Waals surface area contributed by atoms with Crippen LogP contribution in [0.5, 0.6) is 0 Å². The van der Waals surface area contributed by atoms with E-state index in [9.17, 15) is 9.65 Å². The van der Waals surface area contributed by atoms with Crippen LogP contribution < -0.4 is 5.73 Å². The number of hydrogen-bond donors (Lipinski definition) is 1. The first-order valence-electron chi connectivity index (χ1n) is 7.05. The molecule has 110 valence electrons. The van der Waals surface area contributed by atoms with E-state index in [-0.39, 0.29) is 11.6 Å². The van der Waals surface area contributed by atoms with E-state index in [1.165, 1.54) is 12.1 Å². The van der Waals surface area contributed by atoms with Gasteiger partial charge in [0, 0.05) is 10.9 Å². The molecule has 0 bridgehead atoms. The molecule has 23 heavy (non-hydrogen) atoms. The summed E-state index contributed by atoms with van der Waals surface area (Å²) in [6.45, 7) is 0. The molecule has 0 saturated carbocycles. The highest BCUT2D eigenvalue weighted by Gasteiger charge is 2.17. The molecule has 0 atom stereocenters. The molecule has 2 heterocycles. The van der Waals surface area contributed by atoms with Crippen LogP contribution >= 0.6 is 0 Å². The second-order valence-electron chi connectivity index (χ2n) is 5.26. The van der Waals surface area contributed by atoms with Crippen molar-refractivity contribution in [3.63, 3.8) is 0 Å². The van der Waals surface area contributed by atoms with Crippen molar-refractivity contribution in [3.05, 3.63) is 66.0 Å². The van der Waals surface area contributed by atoms with Gasteiger partial charge in [-0.2, -0.15) is 5.26 Å². The molecule has 2 aromatic carbocycles. The maximum atomic E-state index is 13.6. The van der Waals surface area contributed by atoms with Crippen LogP contribution in [0.3, 0.4) is 0 Å². The molecule has 0 fully saturated rings. The number of nitrogen functional groups attached to an aromatic ring is 1. The number of benzene rings is 2. The molecule has 2 N–H and O–H groups in total. The third kappa shape index (κ3) is 1.93. The van der Waals surface area contributed by atoms with Crippen LogP contribution in [0, 0.1) is 17.1 Å². The Kier molecular flexibility index (Phi) is 2.78. The lowest BCUT2D eigenvalue weighted by atomic mass is 10.0. The van der Waals surface area contributed by atoms with Gasteiger partial charge in [0.25, 0.3) is 0 Å². The molecule has 0 unspecified atom stereocenters. The maximum Gasteiger partial charge on any atom is 0.164 e. The summed E-state index contributed by atoms with van der Waals surface area (Å²) in [5.74, 6) is -0.159. The zero-order valence-electron chi connectivity index (χ0n) is 12.0. The van der Waals surface area contributed by atoms with Crippen molar-refractivity contribution in [3.8, 4) is 17.3 Å². The summed E-state index contributed by atoms with van der Waals surface area (Å²) in [6, 6.07) is 18.0. The SMILES string of the molecule is N#Cc1c(N)nn2c(-c3ccccc3)cc3cc(F)ccc3c12. The predicted octanol–water partition coefficient (Wildman–Crippen LogP) is 3.75. The lowest BCUT2D eigenvalue weighted by Gasteiger charge is -2.09. The number of hydrogen-bond acceptors (Lipinski definition) is 3. The molecule has 2 aromatic heterocycles. The predicted molar refractivity (Wildman–Crippen MR) is 87.2 cm³/mol. The number of anilines is 1. The molecule has 4 aromatic rings. The van der Waals surface area contributed by atoms with Gasteiger partial charge >= 0.3 is 0 Å². The quantitative estimate of drug-likeness (QED) is 0.582. The first-order chi connectivity index (χ1) is 11.2. The average Bonchev–Trinajstić information content (AvgIpc) is 2.90. The van der Waals surface area contributed by atoms with E-state index in [0.29, 0.717) is 16.5 Å². The van der Waals surface area contributed by atoms with Crippen LogP contribution in [0.25, 0.3) is 27.5 Å². The summed E-state index contributed by atoms with van der Waals surface area (Å²) in [6.07, 6.45) is 0. The molecule has 0 aliphatic heterocycles. The van der Waals surface area contributed by atoms with Crippen molar-refractivity contribution in [1.29, 1.82) is 5.26 Å². The first-order valence-corrected chi connectivity index (χ1v) is 7.05. The lowest BCUT2D eigenvalue weighted by molar-refractivity contribution is 0.630. The topological polar surface area (TPSA) is 67.1 Å². The second-order valence-corrected chi connectivity index (χ2v) is 5.26. The minimum Gasteiger partial charge on any atom is -0.381 e. The Hall–Kier alpha value is -3.39. The average molecular weight is 302 g/mol. The molecule has 4 rings (SSSR count). The van der Waals surface area contributed by atoms with E-state index in [1.54, 1.807) is 10.6 Å². The van der Waals surface area contributed by atoms with Gasteiger partial charge in [-0.05, 0) is 29.7 Å². The number of nitrogens with zero attached hydrogens (tertiary/aromatic N) is 3. The minimum absolute atomic E-state index is 0.168. The van der Waals surface area contributed by atoms with E-state index in [1.807, 2.05) is 36.4 Å². The number of nitrogens with two attached hydrogens (primary N) is 1. The van der Waals surface area contributed by atoms with Gasteiger partial charge in [0.05, 0.1) is 11.2 Å². The summed E-state index contributed by atoms with van der Waals surface area (Å²) >= 11 is 0. The Labute approximate surface area is 131 Å². The third-order valence-electron chi connectivity index (χ3n) is 3.88. The number of halogens is 1. The van der Waals surface area contributed by atoms with Gasteiger partial charge in [-0.25, -0.2) is 8.91 Å². The number of pyridine rings is 1. The first kappa shape index (κ1) is 13.3. The number of aromatic nitrogens is 2. The van der Waals surface area contributed by atoms with Crippen molar-refractivity contribution >= 4 is 22.1 Å². The van der Waals surface area contributed by atoms with Crippen LogP contribution in [0.4, 0.5) is 10.2 Å². The molecular weight excluding hydrogens is 291 g/mol. The fourth-order valence-electron chi connectivity index (χ4n) is 2.86. The third-order valence-corrected chi connectivity index (χ3v) is 3.88. The summed E-state index contributed by atoms with van der Waals surface area (Å²) in [7, 11) is 0. The highest BCUT2D eigenvalue weighted by atomic mass is 19.1. The van der Waals surface area contributed by atoms with Crippen molar-refractivity contribution in [2.45, 2.75) is 0 Å². The van der Waals surface area contributed by atoms with Gasteiger partial charge in [-0.3, -0.25) is 0 Å². The molecule has 0 aliphatic carbocycles. The van der Waals surface area contributed by atoms with E-state index in [4.69, 9.17) is 5.73 Å². The molecule has 4 nitrogen and oxygen atoms in total. The smallest absolute Gasteiger partial charge is 0.164 e. The van der Waals surface area contributed by atoms with Gasteiger partial charge in [-0.15, -0.1) is 5.10 Å². The van der Waals surface area contributed by atoms with E-state index in [0.717, 1.165) is 16.6 Å². The zero-order chi connectivity index (χ0) is 16.0. The fraction of sp³-hybridized carbons (Fsp3) is 0. The number of rotatable bonds is 1. The highest BCUT2D eigenvalue weighted by molar-refractivity contribution is 6.02. The van der Waals surface area contributed by atoms with Crippen molar-refractivity contribution < 1.29 is 4.39 Å². The van der Waals surface area contributed by atoms with Gasteiger partial charge < -0.3 is 5.73 Å². The van der Waals surface area contributed by atoms with Crippen LogP contribution in [0.2, 0.25) is 0 Å². The standard InChI is InChI=1S/C18H11FN4/c19-13-6-7-14-12(8-13)9-16(11-4-2-1-3-5-11)23-17(14)15(10-20)18(21)22-23/h1-9H,(H2,21,22). The summed E-state index contributed by atoms with van der Waals surface area (Å²) < 4.78 is 15.3. The minimum atomic E-state index is -0.327. The Morgan fingerprint density at radius 3 is 2.61 bits per heavy atom. The Balaban J connectivity index is 2.24. The Bertz CT molecular complexity index is 1090. The monoisotopic (exact) mass is 302 g/mol. The number of fused-ring (bicyclic) bond motifs is 3. The molecule has 0 radical (unpaired) electrons. The van der Waals surface area contributed by atoms with E-state index in [2.05, 4.69) is 11.2 Å². The maximum absolute atomic E-state index is 13.6. The van der Waals surface area contributed by atoms with E-state index < -0.39 is 0 Å². The fourth-order valence-corrected chi connectivity index (χ4v) is 2.86. The largest absolute Gasteiger partial charge is 0.381 e.